The van der Waals surface area contributed by atoms with Gasteiger partial charge in [0.25, 0.3) is 0 Å². The molecule has 0 spiro atoms. The summed E-state index contributed by atoms with van der Waals surface area (Å²) in [6, 6.07) is 8.00. The highest BCUT2D eigenvalue weighted by Crippen LogP contribution is 2.24. The van der Waals surface area contributed by atoms with Gasteiger partial charge in [-0.05, 0) is 49.2 Å². The van der Waals surface area contributed by atoms with E-state index in [2.05, 4.69) is 39.2 Å². The molecule has 1 heterocycles. The van der Waals surface area contributed by atoms with Crippen LogP contribution in [0.5, 0.6) is 0 Å². The molecular weight excluding hydrogens is 278 g/mol. The number of nitrogens with zero attached hydrogens (tertiary/aromatic N) is 1. The Morgan fingerprint density at radius 2 is 1.94 bits per heavy atom. The van der Waals surface area contributed by atoms with Crippen molar-refractivity contribution in [1.29, 1.82) is 0 Å². The van der Waals surface area contributed by atoms with Crippen LogP contribution >= 0.6 is 15.9 Å². The highest BCUT2D eigenvalue weighted by molar-refractivity contribution is 9.10. The molecule has 0 unspecified atom stereocenters. The van der Waals surface area contributed by atoms with Gasteiger partial charge in [-0.25, -0.2) is 4.98 Å². The Morgan fingerprint density at radius 1 is 1.18 bits per heavy atom. The zero-order valence-electron chi connectivity index (χ0n) is 9.79. The fourth-order valence-corrected chi connectivity index (χ4v) is 1.83. The Morgan fingerprint density at radius 3 is 2.59 bits per heavy atom. The van der Waals surface area contributed by atoms with Gasteiger partial charge < -0.3 is 11.1 Å². The van der Waals surface area contributed by atoms with Crippen LogP contribution in [0, 0.1) is 13.8 Å². The summed E-state index contributed by atoms with van der Waals surface area (Å²) in [5.74, 6) is 0.834. The van der Waals surface area contributed by atoms with Crippen molar-refractivity contribution in [3.05, 3.63) is 46.1 Å². The summed E-state index contributed by atoms with van der Waals surface area (Å²) in [4.78, 5) is 4.28. The van der Waals surface area contributed by atoms with Gasteiger partial charge in [-0.1, -0.05) is 15.9 Å². The van der Waals surface area contributed by atoms with Crippen LogP contribution in [0.3, 0.4) is 0 Å². The van der Waals surface area contributed by atoms with Gasteiger partial charge in [0.15, 0.2) is 0 Å². The van der Waals surface area contributed by atoms with Crippen molar-refractivity contribution >= 4 is 33.1 Å². The van der Waals surface area contributed by atoms with Crippen molar-refractivity contribution in [3.8, 4) is 0 Å². The van der Waals surface area contributed by atoms with E-state index in [4.69, 9.17) is 5.73 Å². The summed E-state index contributed by atoms with van der Waals surface area (Å²) in [7, 11) is 0. The van der Waals surface area contributed by atoms with Crippen molar-refractivity contribution in [1.82, 2.24) is 4.98 Å². The van der Waals surface area contributed by atoms with Gasteiger partial charge in [0.05, 0.1) is 11.9 Å². The number of halogens is 1. The lowest BCUT2D eigenvalue weighted by molar-refractivity contribution is 1.26. The third kappa shape index (κ3) is 2.77. The second-order valence-corrected chi connectivity index (χ2v) is 4.88. The first-order valence-electron chi connectivity index (χ1n) is 5.31. The topological polar surface area (TPSA) is 50.9 Å². The Labute approximate surface area is 109 Å². The van der Waals surface area contributed by atoms with Crippen LogP contribution in [0.2, 0.25) is 0 Å². The number of pyridine rings is 1. The number of nitrogen functional groups attached to an aromatic ring is 1. The van der Waals surface area contributed by atoms with E-state index in [1.165, 1.54) is 5.56 Å². The molecule has 2 aromatic rings. The van der Waals surface area contributed by atoms with E-state index in [-0.39, 0.29) is 0 Å². The summed E-state index contributed by atoms with van der Waals surface area (Å²) in [5.41, 5.74) is 9.58. The van der Waals surface area contributed by atoms with E-state index in [1.807, 2.05) is 25.1 Å². The SMILES string of the molecule is Cc1cc(Nc2ncc(N)cc2C)ccc1Br. The molecule has 0 aliphatic carbocycles. The highest BCUT2D eigenvalue weighted by atomic mass is 79.9. The Hall–Kier alpha value is -1.55. The Balaban J connectivity index is 2.28. The quantitative estimate of drug-likeness (QED) is 0.885. The minimum absolute atomic E-state index is 0.681. The molecule has 88 valence electrons. The van der Waals surface area contributed by atoms with Crippen molar-refractivity contribution < 1.29 is 0 Å². The zero-order chi connectivity index (χ0) is 12.4. The first kappa shape index (κ1) is 11.9. The van der Waals surface area contributed by atoms with Crippen LogP contribution in [-0.4, -0.2) is 4.98 Å². The van der Waals surface area contributed by atoms with Gasteiger partial charge in [-0.2, -0.15) is 0 Å². The number of nitrogens with one attached hydrogen (secondary N) is 1. The van der Waals surface area contributed by atoms with E-state index in [0.29, 0.717) is 5.69 Å². The first-order chi connectivity index (χ1) is 8.06. The molecule has 1 aromatic heterocycles. The number of nitrogens with two attached hydrogens (primary N) is 1. The molecule has 0 atom stereocenters. The largest absolute Gasteiger partial charge is 0.397 e. The molecule has 0 amide bonds. The minimum atomic E-state index is 0.681. The van der Waals surface area contributed by atoms with Gasteiger partial charge in [-0.15, -0.1) is 0 Å². The molecule has 0 radical (unpaired) electrons. The maximum absolute atomic E-state index is 5.67. The van der Waals surface area contributed by atoms with Crippen LogP contribution in [-0.2, 0) is 0 Å². The minimum Gasteiger partial charge on any atom is -0.397 e. The first-order valence-corrected chi connectivity index (χ1v) is 6.11. The number of aryl methyl sites for hydroxylation is 2. The van der Waals surface area contributed by atoms with Gasteiger partial charge in [0.1, 0.15) is 5.82 Å². The van der Waals surface area contributed by atoms with E-state index in [9.17, 15) is 0 Å². The fraction of sp³-hybridized carbons (Fsp3) is 0.154. The maximum atomic E-state index is 5.67. The highest BCUT2D eigenvalue weighted by Gasteiger charge is 2.02. The number of anilines is 3. The van der Waals surface area contributed by atoms with Crippen LogP contribution in [0.25, 0.3) is 0 Å². The molecule has 17 heavy (non-hydrogen) atoms. The lowest BCUT2D eigenvalue weighted by atomic mass is 10.2. The van der Waals surface area contributed by atoms with E-state index < -0.39 is 0 Å². The summed E-state index contributed by atoms with van der Waals surface area (Å²) in [6.07, 6.45) is 1.65. The number of benzene rings is 1. The van der Waals surface area contributed by atoms with E-state index in [0.717, 1.165) is 21.5 Å². The molecule has 0 bridgehead atoms. The van der Waals surface area contributed by atoms with Crippen molar-refractivity contribution in [2.45, 2.75) is 13.8 Å². The van der Waals surface area contributed by atoms with Crippen molar-refractivity contribution in [3.63, 3.8) is 0 Å². The van der Waals surface area contributed by atoms with Gasteiger partial charge in [0.2, 0.25) is 0 Å². The van der Waals surface area contributed by atoms with Gasteiger partial charge in [0, 0.05) is 10.2 Å². The smallest absolute Gasteiger partial charge is 0.133 e. The van der Waals surface area contributed by atoms with E-state index >= 15 is 0 Å². The molecular formula is C13H14BrN3. The summed E-state index contributed by atoms with van der Waals surface area (Å²) >= 11 is 3.48. The monoisotopic (exact) mass is 291 g/mol. The second-order valence-electron chi connectivity index (χ2n) is 4.02. The van der Waals surface area contributed by atoms with Crippen molar-refractivity contribution in [2.75, 3.05) is 11.1 Å². The third-order valence-electron chi connectivity index (χ3n) is 2.52. The fourth-order valence-electron chi connectivity index (χ4n) is 1.59. The van der Waals surface area contributed by atoms with E-state index in [1.54, 1.807) is 6.20 Å². The second kappa shape index (κ2) is 4.75. The van der Waals surface area contributed by atoms with Crippen LogP contribution < -0.4 is 11.1 Å². The summed E-state index contributed by atoms with van der Waals surface area (Å²) in [5, 5.41) is 3.28. The molecule has 0 aliphatic rings. The molecule has 0 saturated heterocycles. The summed E-state index contributed by atoms with van der Waals surface area (Å²) in [6.45, 7) is 4.04. The van der Waals surface area contributed by atoms with Crippen LogP contribution in [0.1, 0.15) is 11.1 Å². The Kier molecular flexibility index (Phi) is 3.33. The summed E-state index contributed by atoms with van der Waals surface area (Å²) < 4.78 is 1.10. The Bertz CT molecular complexity index is 552. The normalized spacial score (nSPS) is 10.3. The van der Waals surface area contributed by atoms with Crippen LogP contribution in [0.4, 0.5) is 17.2 Å². The predicted octanol–water partition coefficient (Wildman–Crippen LogP) is 3.79. The third-order valence-corrected chi connectivity index (χ3v) is 3.41. The lowest BCUT2D eigenvalue weighted by Crippen LogP contribution is -1.98. The molecule has 4 heteroatoms. The molecule has 0 saturated carbocycles. The number of rotatable bonds is 2. The lowest BCUT2D eigenvalue weighted by Gasteiger charge is -2.10. The average molecular weight is 292 g/mol. The predicted molar refractivity (Wildman–Crippen MR) is 75.5 cm³/mol. The molecule has 3 N–H and O–H groups in total. The zero-order valence-corrected chi connectivity index (χ0v) is 11.4. The molecule has 3 nitrogen and oxygen atoms in total. The standard InChI is InChI=1S/C13H14BrN3/c1-8-6-11(3-4-12(8)14)17-13-9(2)5-10(15)7-16-13/h3-7H,15H2,1-2H3,(H,16,17). The number of aromatic nitrogens is 1. The molecule has 1 aromatic carbocycles. The maximum Gasteiger partial charge on any atom is 0.133 e. The van der Waals surface area contributed by atoms with Crippen molar-refractivity contribution in [2.24, 2.45) is 0 Å². The molecule has 2 rings (SSSR count). The molecule has 0 aliphatic heterocycles. The number of hydrogen-bond acceptors (Lipinski definition) is 3. The van der Waals surface area contributed by atoms with Gasteiger partial charge >= 0.3 is 0 Å². The molecule has 0 fully saturated rings. The van der Waals surface area contributed by atoms with Crippen LogP contribution in [0.15, 0.2) is 34.9 Å². The average Bonchev–Trinajstić information content (AvgIpc) is 2.27. The van der Waals surface area contributed by atoms with Gasteiger partial charge in [-0.3, -0.25) is 0 Å². The number of hydrogen-bond donors (Lipinski definition) is 2.